The highest BCUT2D eigenvalue weighted by Crippen LogP contribution is 2.29. The Morgan fingerprint density at radius 2 is 2.40 bits per heavy atom. The Labute approximate surface area is 88.0 Å². The van der Waals surface area contributed by atoms with E-state index in [2.05, 4.69) is 22.7 Å². The quantitative estimate of drug-likeness (QED) is 0.497. The van der Waals surface area contributed by atoms with Crippen molar-refractivity contribution in [1.82, 2.24) is 10.3 Å². The van der Waals surface area contributed by atoms with Crippen LogP contribution in [0.3, 0.4) is 0 Å². The van der Waals surface area contributed by atoms with Crippen LogP contribution in [0.1, 0.15) is 23.8 Å². The second-order valence-corrected chi connectivity index (χ2v) is 3.87. The van der Waals surface area contributed by atoms with Crippen LogP contribution in [0, 0.1) is 5.92 Å². The first-order chi connectivity index (χ1) is 7.20. The highest BCUT2D eigenvalue weighted by Gasteiger charge is 2.34. The smallest absolute Gasteiger partial charge is 0.270 e. The molecule has 1 aliphatic carbocycles. The molecule has 1 heterocycles. The molecule has 5 nitrogen and oxygen atoms in total. The van der Waals surface area contributed by atoms with E-state index in [1.807, 2.05) is 0 Å². The summed E-state index contributed by atoms with van der Waals surface area (Å²) in [6.07, 6.45) is 2.61. The van der Waals surface area contributed by atoms with E-state index in [1.165, 1.54) is 0 Å². The van der Waals surface area contributed by atoms with Gasteiger partial charge in [0.2, 0.25) is 0 Å². The number of amides is 1. The molecule has 1 amide bonds. The number of carbonyl (C=O) groups is 1. The summed E-state index contributed by atoms with van der Waals surface area (Å²) in [6, 6.07) is 3.65. The van der Waals surface area contributed by atoms with Gasteiger partial charge in [0, 0.05) is 12.2 Å². The maximum absolute atomic E-state index is 11.7. The first kappa shape index (κ1) is 9.92. The molecule has 2 rings (SSSR count). The highest BCUT2D eigenvalue weighted by molar-refractivity contribution is 5.93. The van der Waals surface area contributed by atoms with Gasteiger partial charge in [-0.05, 0) is 24.5 Å². The molecule has 1 aromatic rings. The van der Waals surface area contributed by atoms with Crippen molar-refractivity contribution < 1.29 is 4.79 Å². The van der Waals surface area contributed by atoms with Gasteiger partial charge in [0.25, 0.3) is 5.91 Å². The van der Waals surface area contributed by atoms with Gasteiger partial charge in [-0.1, -0.05) is 6.92 Å². The van der Waals surface area contributed by atoms with E-state index in [1.54, 1.807) is 18.3 Å². The van der Waals surface area contributed by atoms with E-state index >= 15 is 0 Å². The predicted molar refractivity (Wildman–Crippen MR) is 57.1 cm³/mol. The van der Waals surface area contributed by atoms with Crippen molar-refractivity contribution >= 4 is 11.6 Å². The van der Waals surface area contributed by atoms with Crippen LogP contribution in [-0.2, 0) is 0 Å². The second kappa shape index (κ2) is 3.86. The largest absolute Gasteiger partial charge is 0.348 e. The minimum atomic E-state index is -0.138. The van der Waals surface area contributed by atoms with E-state index < -0.39 is 0 Å². The number of pyridine rings is 1. The van der Waals surface area contributed by atoms with Crippen molar-refractivity contribution in [3.05, 3.63) is 24.0 Å². The van der Waals surface area contributed by atoms with Gasteiger partial charge in [-0.3, -0.25) is 15.6 Å². The fourth-order valence-electron chi connectivity index (χ4n) is 1.41. The lowest BCUT2D eigenvalue weighted by Gasteiger charge is -2.04. The first-order valence-electron chi connectivity index (χ1n) is 4.94. The fraction of sp³-hybridized carbons (Fsp3) is 0.400. The number of hydrogen-bond donors (Lipinski definition) is 3. The van der Waals surface area contributed by atoms with Gasteiger partial charge < -0.3 is 10.7 Å². The van der Waals surface area contributed by atoms with Crippen LogP contribution >= 0.6 is 0 Å². The third-order valence-electron chi connectivity index (χ3n) is 2.59. The summed E-state index contributed by atoms with van der Waals surface area (Å²) in [5.74, 6) is 5.70. The lowest BCUT2D eigenvalue weighted by Crippen LogP contribution is -2.27. The van der Waals surface area contributed by atoms with E-state index in [0.29, 0.717) is 23.3 Å². The van der Waals surface area contributed by atoms with Gasteiger partial charge in [-0.2, -0.15) is 0 Å². The first-order valence-corrected chi connectivity index (χ1v) is 4.94. The number of rotatable bonds is 3. The van der Waals surface area contributed by atoms with Gasteiger partial charge in [-0.25, -0.2) is 0 Å². The van der Waals surface area contributed by atoms with Crippen LogP contribution in [-0.4, -0.2) is 16.9 Å². The Morgan fingerprint density at radius 1 is 1.67 bits per heavy atom. The summed E-state index contributed by atoms with van der Waals surface area (Å²) in [7, 11) is 0. The zero-order chi connectivity index (χ0) is 10.8. The molecular formula is C10H14N4O. The SMILES string of the molecule is CC1CC1NC(=O)c1cc(NN)ccn1. The van der Waals surface area contributed by atoms with Gasteiger partial charge >= 0.3 is 0 Å². The van der Waals surface area contributed by atoms with Gasteiger partial charge in [-0.15, -0.1) is 0 Å². The van der Waals surface area contributed by atoms with Crippen LogP contribution in [0.25, 0.3) is 0 Å². The molecule has 0 bridgehead atoms. The molecule has 1 aliphatic rings. The molecule has 0 spiro atoms. The molecule has 1 saturated carbocycles. The lowest BCUT2D eigenvalue weighted by atomic mass is 10.3. The third kappa shape index (κ3) is 2.24. The van der Waals surface area contributed by atoms with E-state index in [4.69, 9.17) is 5.84 Å². The van der Waals surface area contributed by atoms with Gasteiger partial charge in [0.1, 0.15) is 5.69 Å². The summed E-state index contributed by atoms with van der Waals surface area (Å²) in [5.41, 5.74) is 3.55. The third-order valence-corrected chi connectivity index (χ3v) is 2.59. The summed E-state index contributed by atoms with van der Waals surface area (Å²) in [4.78, 5) is 15.7. The number of carbonyl (C=O) groups excluding carboxylic acids is 1. The Balaban J connectivity index is 2.04. The summed E-state index contributed by atoms with van der Waals surface area (Å²) >= 11 is 0. The van der Waals surface area contributed by atoms with E-state index in [-0.39, 0.29) is 5.91 Å². The summed E-state index contributed by atoms with van der Waals surface area (Å²) in [5, 5.41) is 2.90. The van der Waals surface area contributed by atoms with E-state index in [9.17, 15) is 4.79 Å². The van der Waals surface area contributed by atoms with Crippen molar-refractivity contribution in [3.63, 3.8) is 0 Å². The Bertz CT molecular complexity index is 379. The molecule has 0 aromatic carbocycles. The summed E-state index contributed by atoms with van der Waals surface area (Å²) in [6.45, 7) is 2.11. The molecule has 1 aromatic heterocycles. The van der Waals surface area contributed by atoms with Gasteiger partial charge in [0.15, 0.2) is 0 Å². The Kier molecular flexibility index (Phi) is 2.55. The summed E-state index contributed by atoms with van der Waals surface area (Å²) < 4.78 is 0. The molecule has 2 atom stereocenters. The molecule has 1 fully saturated rings. The van der Waals surface area contributed by atoms with Crippen molar-refractivity contribution in [2.24, 2.45) is 11.8 Å². The van der Waals surface area contributed by atoms with Crippen molar-refractivity contribution in [2.45, 2.75) is 19.4 Å². The average molecular weight is 206 g/mol. The molecule has 2 unspecified atom stereocenters. The van der Waals surface area contributed by atoms with Crippen molar-refractivity contribution in [1.29, 1.82) is 0 Å². The maximum atomic E-state index is 11.7. The number of aromatic nitrogens is 1. The molecule has 0 saturated heterocycles. The average Bonchev–Trinajstić information content (AvgIpc) is 2.94. The normalized spacial score (nSPS) is 23.3. The highest BCUT2D eigenvalue weighted by atomic mass is 16.2. The van der Waals surface area contributed by atoms with Crippen molar-refractivity contribution in [3.8, 4) is 0 Å². The molecule has 5 heteroatoms. The monoisotopic (exact) mass is 206 g/mol. The lowest BCUT2D eigenvalue weighted by molar-refractivity contribution is 0.0944. The Hall–Kier alpha value is -1.62. The van der Waals surface area contributed by atoms with Crippen LogP contribution in [0.4, 0.5) is 5.69 Å². The molecule has 0 radical (unpaired) electrons. The predicted octanol–water partition coefficient (Wildman–Crippen LogP) is 0.505. The van der Waals surface area contributed by atoms with Crippen LogP contribution in [0.2, 0.25) is 0 Å². The second-order valence-electron chi connectivity index (χ2n) is 3.87. The van der Waals surface area contributed by atoms with Gasteiger partial charge in [0.05, 0.1) is 5.69 Å². The number of nitrogens with one attached hydrogen (secondary N) is 2. The number of nitrogens with zero attached hydrogens (tertiary/aromatic N) is 1. The molecule has 80 valence electrons. The molecule has 4 N–H and O–H groups in total. The van der Waals surface area contributed by atoms with E-state index in [0.717, 1.165) is 6.42 Å². The molecule has 15 heavy (non-hydrogen) atoms. The van der Waals surface area contributed by atoms with Crippen molar-refractivity contribution in [2.75, 3.05) is 5.43 Å². The molecular weight excluding hydrogens is 192 g/mol. The minimum Gasteiger partial charge on any atom is -0.348 e. The number of hydrogen-bond acceptors (Lipinski definition) is 4. The number of hydrazine groups is 1. The number of nitrogen functional groups attached to an aromatic ring is 1. The maximum Gasteiger partial charge on any atom is 0.270 e. The number of anilines is 1. The van der Waals surface area contributed by atoms with Crippen LogP contribution in [0.5, 0.6) is 0 Å². The fourth-order valence-corrected chi connectivity index (χ4v) is 1.41. The zero-order valence-corrected chi connectivity index (χ0v) is 8.53. The minimum absolute atomic E-state index is 0.138. The van der Waals surface area contributed by atoms with Crippen LogP contribution in [0.15, 0.2) is 18.3 Å². The Morgan fingerprint density at radius 3 is 3.00 bits per heavy atom. The van der Waals surface area contributed by atoms with Crippen LogP contribution < -0.4 is 16.6 Å². The topological polar surface area (TPSA) is 80.0 Å². The molecule has 0 aliphatic heterocycles. The standard InChI is InChI=1S/C10H14N4O/c1-6-4-8(6)13-10(15)9-5-7(14-11)2-3-12-9/h2-3,5-6,8H,4,11H2,1H3,(H,12,14)(H,13,15). The number of nitrogens with two attached hydrogens (primary N) is 1. The zero-order valence-electron chi connectivity index (χ0n) is 8.53.